The van der Waals surface area contributed by atoms with Gasteiger partial charge in [0.2, 0.25) is 0 Å². The van der Waals surface area contributed by atoms with E-state index in [1.807, 2.05) is 0 Å². The molecule has 3 aromatic rings. The van der Waals surface area contributed by atoms with Gasteiger partial charge in [-0.3, -0.25) is 9.59 Å². The fraction of sp³-hybridized carbons (Fsp3) is 0.286. The molecule has 146 valence electrons. The van der Waals surface area contributed by atoms with Gasteiger partial charge in [-0.15, -0.1) is 0 Å². The standard InChI is InChI=1S/C21H22FN3O2S/c1-12(2)25(13(3)4)21-24-20(27)17-11-16(8-9-18(17)28-21)23-19(26)14-6-5-7-15(22)10-14/h5-13H,1-4H3,(H,23,26). The largest absolute Gasteiger partial charge is 0.343 e. The van der Waals surface area contributed by atoms with Crippen molar-refractivity contribution in [1.82, 2.24) is 4.98 Å². The monoisotopic (exact) mass is 399 g/mol. The molecule has 0 spiro atoms. The summed E-state index contributed by atoms with van der Waals surface area (Å²) in [4.78, 5) is 31.3. The van der Waals surface area contributed by atoms with E-state index >= 15 is 0 Å². The predicted octanol–water partition coefficient (Wildman–Crippen LogP) is 4.67. The Bertz CT molecular complexity index is 1070. The van der Waals surface area contributed by atoms with Crippen LogP contribution in [-0.2, 0) is 0 Å². The molecule has 1 amide bonds. The number of aromatic nitrogens is 1. The van der Waals surface area contributed by atoms with E-state index in [9.17, 15) is 14.0 Å². The Balaban J connectivity index is 1.94. The van der Waals surface area contributed by atoms with Crippen LogP contribution in [0, 0.1) is 5.82 Å². The van der Waals surface area contributed by atoms with Gasteiger partial charge < -0.3 is 10.2 Å². The maximum absolute atomic E-state index is 13.3. The van der Waals surface area contributed by atoms with E-state index in [1.54, 1.807) is 18.2 Å². The average molecular weight is 399 g/mol. The number of nitrogens with zero attached hydrogens (tertiary/aromatic N) is 2. The highest BCUT2D eigenvalue weighted by atomic mass is 32.1. The lowest BCUT2D eigenvalue weighted by Gasteiger charge is -2.31. The Labute approximate surface area is 166 Å². The Morgan fingerprint density at radius 3 is 2.46 bits per heavy atom. The fourth-order valence-corrected chi connectivity index (χ4v) is 4.36. The number of amides is 1. The molecule has 3 rings (SSSR count). The number of rotatable bonds is 5. The van der Waals surface area contributed by atoms with Crippen LogP contribution in [0.4, 0.5) is 15.2 Å². The molecule has 1 heterocycles. The summed E-state index contributed by atoms with van der Waals surface area (Å²) in [6, 6.07) is 11.0. The van der Waals surface area contributed by atoms with Gasteiger partial charge in [0.15, 0.2) is 5.13 Å². The summed E-state index contributed by atoms with van der Waals surface area (Å²) < 4.78 is 14.1. The van der Waals surface area contributed by atoms with Gasteiger partial charge in [-0.25, -0.2) is 4.39 Å². The molecule has 0 radical (unpaired) electrons. The fourth-order valence-electron chi connectivity index (χ4n) is 3.11. The molecule has 1 aromatic heterocycles. The van der Waals surface area contributed by atoms with E-state index in [-0.39, 0.29) is 23.2 Å². The maximum Gasteiger partial charge on any atom is 0.281 e. The zero-order valence-electron chi connectivity index (χ0n) is 16.2. The summed E-state index contributed by atoms with van der Waals surface area (Å²) in [6.45, 7) is 8.25. The van der Waals surface area contributed by atoms with E-state index < -0.39 is 11.7 Å². The highest BCUT2D eigenvalue weighted by Crippen LogP contribution is 2.28. The quantitative estimate of drug-likeness (QED) is 0.677. The molecule has 7 heteroatoms. The van der Waals surface area contributed by atoms with Crippen LogP contribution < -0.4 is 15.8 Å². The molecule has 28 heavy (non-hydrogen) atoms. The first-order valence-corrected chi connectivity index (χ1v) is 9.88. The van der Waals surface area contributed by atoms with Gasteiger partial charge in [0.1, 0.15) is 5.82 Å². The number of carbonyl (C=O) groups excluding carboxylic acids is 1. The number of hydrogen-bond acceptors (Lipinski definition) is 5. The molecule has 0 aliphatic carbocycles. The van der Waals surface area contributed by atoms with Gasteiger partial charge in [0.25, 0.3) is 11.5 Å². The summed E-state index contributed by atoms with van der Waals surface area (Å²) >= 11 is 1.44. The van der Waals surface area contributed by atoms with Crippen LogP contribution in [-0.4, -0.2) is 23.0 Å². The topological polar surface area (TPSA) is 62.3 Å². The molecule has 0 saturated carbocycles. The molecular weight excluding hydrogens is 377 g/mol. The molecule has 0 bridgehead atoms. The number of benzene rings is 2. The summed E-state index contributed by atoms with van der Waals surface area (Å²) in [7, 11) is 0. The van der Waals surface area contributed by atoms with Crippen molar-refractivity contribution in [3.63, 3.8) is 0 Å². The average Bonchev–Trinajstić information content (AvgIpc) is 2.61. The third-order valence-corrected chi connectivity index (χ3v) is 5.35. The summed E-state index contributed by atoms with van der Waals surface area (Å²) in [6.07, 6.45) is 0. The first kappa shape index (κ1) is 19.9. The first-order valence-electron chi connectivity index (χ1n) is 9.06. The molecule has 0 atom stereocenters. The highest BCUT2D eigenvalue weighted by Gasteiger charge is 2.18. The molecule has 1 N–H and O–H groups in total. The molecule has 2 aromatic carbocycles. The number of carbonyl (C=O) groups is 1. The SMILES string of the molecule is CC(C)N(c1nc(=O)c2cc(NC(=O)c3cccc(F)c3)ccc2s1)C(C)C. The molecule has 0 unspecified atom stereocenters. The Morgan fingerprint density at radius 2 is 1.82 bits per heavy atom. The van der Waals surface area contributed by atoms with Gasteiger partial charge in [-0.1, -0.05) is 17.4 Å². The normalized spacial score (nSPS) is 11.2. The van der Waals surface area contributed by atoms with Crippen molar-refractivity contribution in [2.75, 3.05) is 10.2 Å². The van der Waals surface area contributed by atoms with E-state index in [1.165, 1.54) is 29.5 Å². The van der Waals surface area contributed by atoms with E-state index in [0.717, 1.165) is 10.8 Å². The van der Waals surface area contributed by atoms with E-state index in [4.69, 9.17) is 0 Å². The first-order chi connectivity index (χ1) is 13.3. The van der Waals surface area contributed by atoms with Gasteiger partial charge in [0, 0.05) is 28.0 Å². The number of hydrogen-bond donors (Lipinski definition) is 1. The van der Waals surface area contributed by atoms with Crippen molar-refractivity contribution in [2.45, 2.75) is 39.8 Å². The van der Waals surface area contributed by atoms with Crippen LogP contribution in [0.25, 0.3) is 10.1 Å². The third kappa shape index (κ3) is 4.20. The van der Waals surface area contributed by atoms with Crippen molar-refractivity contribution in [2.24, 2.45) is 0 Å². The van der Waals surface area contributed by atoms with E-state index in [0.29, 0.717) is 16.2 Å². The number of fused-ring (bicyclic) bond motifs is 1. The number of anilines is 2. The Morgan fingerprint density at radius 1 is 1.11 bits per heavy atom. The van der Waals surface area contributed by atoms with Gasteiger partial charge >= 0.3 is 0 Å². The van der Waals surface area contributed by atoms with Gasteiger partial charge in [0.05, 0.1) is 5.39 Å². The second kappa shape index (κ2) is 8.06. The zero-order valence-corrected chi connectivity index (χ0v) is 17.0. The van der Waals surface area contributed by atoms with Crippen molar-refractivity contribution in [1.29, 1.82) is 0 Å². The maximum atomic E-state index is 13.3. The third-order valence-electron chi connectivity index (χ3n) is 4.29. The van der Waals surface area contributed by atoms with Crippen LogP contribution in [0.5, 0.6) is 0 Å². The second-order valence-corrected chi connectivity index (χ2v) is 8.08. The Hall–Kier alpha value is -2.80. The minimum Gasteiger partial charge on any atom is -0.343 e. The summed E-state index contributed by atoms with van der Waals surface area (Å²) in [5, 5.41) is 3.82. The zero-order chi connectivity index (χ0) is 20.4. The number of nitrogens with one attached hydrogen (secondary N) is 1. The van der Waals surface area contributed by atoms with E-state index in [2.05, 4.69) is 42.9 Å². The lowest BCUT2D eigenvalue weighted by Crippen LogP contribution is -2.38. The minimum atomic E-state index is -0.480. The smallest absolute Gasteiger partial charge is 0.281 e. The van der Waals surface area contributed by atoms with Gasteiger partial charge in [-0.05, 0) is 64.1 Å². The lowest BCUT2D eigenvalue weighted by molar-refractivity contribution is 0.102. The summed E-state index contributed by atoms with van der Waals surface area (Å²) in [5.41, 5.74) is 0.338. The van der Waals surface area contributed by atoms with Crippen molar-refractivity contribution in [3.8, 4) is 0 Å². The van der Waals surface area contributed by atoms with Crippen molar-refractivity contribution >= 4 is 38.1 Å². The molecule has 0 saturated heterocycles. The second-order valence-electron chi connectivity index (χ2n) is 7.07. The van der Waals surface area contributed by atoms with Crippen molar-refractivity contribution < 1.29 is 9.18 Å². The van der Waals surface area contributed by atoms with Crippen LogP contribution in [0.3, 0.4) is 0 Å². The molecule has 5 nitrogen and oxygen atoms in total. The van der Waals surface area contributed by atoms with Crippen LogP contribution in [0.1, 0.15) is 38.1 Å². The predicted molar refractivity (Wildman–Crippen MR) is 113 cm³/mol. The van der Waals surface area contributed by atoms with Gasteiger partial charge in [-0.2, -0.15) is 4.98 Å². The lowest BCUT2D eigenvalue weighted by atomic mass is 10.2. The highest BCUT2D eigenvalue weighted by molar-refractivity contribution is 7.21. The molecular formula is C21H22FN3O2S. The summed E-state index contributed by atoms with van der Waals surface area (Å²) in [5.74, 6) is -0.920. The number of halogens is 1. The molecule has 0 aliphatic rings. The molecule has 0 aliphatic heterocycles. The van der Waals surface area contributed by atoms with Crippen LogP contribution >= 0.6 is 11.3 Å². The Kier molecular flexibility index (Phi) is 5.74. The van der Waals surface area contributed by atoms with Crippen LogP contribution in [0.15, 0.2) is 47.3 Å². The minimum absolute atomic E-state index is 0.211. The van der Waals surface area contributed by atoms with Crippen LogP contribution in [0.2, 0.25) is 0 Å². The molecule has 0 fully saturated rings. The van der Waals surface area contributed by atoms with Crippen molar-refractivity contribution in [3.05, 3.63) is 64.2 Å².